The predicted molar refractivity (Wildman–Crippen MR) is 127 cm³/mol. The molecule has 1 atom stereocenters. The Bertz CT molecular complexity index is 910. The molecule has 0 unspecified atom stereocenters. The lowest BCUT2D eigenvalue weighted by Gasteiger charge is -2.31. The number of amides is 2. The number of hydrogen-bond acceptors (Lipinski definition) is 4. The van der Waals surface area contributed by atoms with E-state index in [4.69, 9.17) is 9.47 Å². The average Bonchev–Trinajstić information content (AvgIpc) is 2.78. The Labute approximate surface area is 191 Å². The van der Waals surface area contributed by atoms with Gasteiger partial charge in [-0.1, -0.05) is 45.0 Å². The largest absolute Gasteiger partial charge is 0.497 e. The van der Waals surface area contributed by atoms with Crippen molar-refractivity contribution in [1.82, 2.24) is 10.2 Å². The van der Waals surface area contributed by atoms with Gasteiger partial charge < -0.3 is 19.7 Å². The normalized spacial score (nSPS) is 11.7. The second-order valence-corrected chi connectivity index (χ2v) is 8.42. The highest BCUT2D eigenvalue weighted by Crippen LogP contribution is 2.22. The van der Waals surface area contributed by atoms with Crippen molar-refractivity contribution in [1.29, 1.82) is 0 Å². The molecule has 2 aromatic rings. The van der Waals surface area contributed by atoms with Crippen LogP contribution in [0.25, 0.3) is 0 Å². The third-order valence-corrected chi connectivity index (χ3v) is 5.46. The Hall–Kier alpha value is -3.02. The number of benzene rings is 2. The van der Waals surface area contributed by atoms with Crippen molar-refractivity contribution in [3.8, 4) is 11.5 Å². The van der Waals surface area contributed by atoms with Crippen molar-refractivity contribution >= 4 is 11.8 Å². The Morgan fingerprint density at radius 3 is 2.47 bits per heavy atom. The van der Waals surface area contributed by atoms with Gasteiger partial charge in [-0.25, -0.2) is 0 Å². The van der Waals surface area contributed by atoms with Crippen LogP contribution in [0.3, 0.4) is 0 Å². The van der Waals surface area contributed by atoms with Gasteiger partial charge in [0.1, 0.15) is 17.5 Å². The van der Waals surface area contributed by atoms with E-state index in [1.165, 1.54) is 0 Å². The lowest BCUT2D eigenvalue weighted by atomic mass is 10.1. The fraction of sp³-hybridized carbons (Fsp3) is 0.462. The maximum atomic E-state index is 13.3. The number of ether oxygens (including phenoxy) is 2. The molecular formula is C26H36N2O4. The first-order valence-electron chi connectivity index (χ1n) is 11.2. The lowest BCUT2D eigenvalue weighted by molar-refractivity contribution is -0.143. The van der Waals surface area contributed by atoms with Crippen LogP contribution in [0.5, 0.6) is 11.5 Å². The molecule has 0 aliphatic heterocycles. The number of carbonyl (C=O) groups excluding carboxylic acids is 2. The summed E-state index contributed by atoms with van der Waals surface area (Å²) < 4.78 is 11.2. The van der Waals surface area contributed by atoms with E-state index in [1.807, 2.05) is 77.1 Å². The molecule has 2 amide bonds. The molecule has 32 heavy (non-hydrogen) atoms. The van der Waals surface area contributed by atoms with Gasteiger partial charge in [-0.3, -0.25) is 9.59 Å². The summed E-state index contributed by atoms with van der Waals surface area (Å²) in [6, 6.07) is 12.7. The van der Waals surface area contributed by atoms with Crippen LogP contribution in [0.2, 0.25) is 0 Å². The van der Waals surface area contributed by atoms with E-state index in [2.05, 4.69) is 5.32 Å². The lowest BCUT2D eigenvalue weighted by Crippen LogP contribution is -2.50. The number of aryl methyl sites for hydroxylation is 1. The fourth-order valence-corrected chi connectivity index (χ4v) is 3.41. The summed E-state index contributed by atoms with van der Waals surface area (Å²) in [5.74, 6) is 1.33. The fourth-order valence-electron chi connectivity index (χ4n) is 3.41. The van der Waals surface area contributed by atoms with Crippen LogP contribution in [0.4, 0.5) is 0 Å². The zero-order valence-electron chi connectivity index (χ0n) is 20.1. The molecule has 0 aliphatic carbocycles. The second kappa shape index (κ2) is 12.1. The highest BCUT2D eigenvalue weighted by molar-refractivity contribution is 5.88. The van der Waals surface area contributed by atoms with E-state index >= 15 is 0 Å². The van der Waals surface area contributed by atoms with Crippen molar-refractivity contribution in [2.75, 3.05) is 20.3 Å². The summed E-state index contributed by atoms with van der Waals surface area (Å²) in [5, 5.41) is 2.97. The van der Waals surface area contributed by atoms with E-state index < -0.39 is 6.04 Å². The first-order chi connectivity index (χ1) is 15.3. The number of carbonyl (C=O) groups is 2. The number of nitrogens with one attached hydrogen (secondary N) is 1. The van der Waals surface area contributed by atoms with E-state index in [1.54, 1.807) is 12.0 Å². The van der Waals surface area contributed by atoms with Crippen LogP contribution in [0.15, 0.2) is 42.5 Å². The van der Waals surface area contributed by atoms with Gasteiger partial charge in [0.15, 0.2) is 6.61 Å². The molecule has 0 radical (unpaired) electrons. The molecule has 2 rings (SSSR count). The van der Waals surface area contributed by atoms with Gasteiger partial charge in [-0.15, -0.1) is 0 Å². The van der Waals surface area contributed by atoms with Crippen molar-refractivity contribution in [2.45, 2.75) is 53.6 Å². The number of rotatable bonds is 11. The van der Waals surface area contributed by atoms with Crippen LogP contribution < -0.4 is 14.8 Å². The van der Waals surface area contributed by atoms with Gasteiger partial charge in [0, 0.05) is 13.1 Å². The zero-order chi connectivity index (χ0) is 23.7. The summed E-state index contributed by atoms with van der Waals surface area (Å²) in [4.78, 5) is 27.9. The zero-order valence-corrected chi connectivity index (χ0v) is 20.1. The minimum atomic E-state index is -0.588. The predicted octanol–water partition coefficient (Wildman–Crippen LogP) is 4.27. The van der Waals surface area contributed by atoms with Gasteiger partial charge in [-0.2, -0.15) is 0 Å². The number of hydrogen-bond donors (Lipinski definition) is 1. The SMILES string of the molecule is CC[C@@H](C(=O)NCC(C)C)N(Cc1cccc(OC)c1)C(=O)COc1cccc(C)c1C. The van der Waals surface area contributed by atoms with Crippen molar-refractivity contribution < 1.29 is 19.1 Å². The summed E-state index contributed by atoms with van der Waals surface area (Å²) in [7, 11) is 1.61. The minimum absolute atomic E-state index is 0.137. The molecule has 1 N–H and O–H groups in total. The second-order valence-electron chi connectivity index (χ2n) is 8.42. The van der Waals surface area contributed by atoms with Crippen molar-refractivity contribution in [3.05, 3.63) is 59.2 Å². The summed E-state index contributed by atoms with van der Waals surface area (Å²) in [6.45, 7) is 10.7. The van der Waals surface area contributed by atoms with E-state index in [-0.39, 0.29) is 18.4 Å². The van der Waals surface area contributed by atoms with Crippen LogP contribution in [0.1, 0.15) is 43.9 Å². The Kier molecular flexibility index (Phi) is 9.57. The van der Waals surface area contributed by atoms with Gasteiger partial charge >= 0.3 is 0 Å². The average molecular weight is 441 g/mol. The molecule has 6 nitrogen and oxygen atoms in total. The van der Waals surface area contributed by atoms with Crippen LogP contribution in [0, 0.1) is 19.8 Å². The first kappa shape index (κ1) is 25.2. The maximum absolute atomic E-state index is 13.3. The van der Waals surface area contributed by atoms with Crippen LogP contribution in [-0.2, 0) is 16.1 Å². The van der Waals surface area contributed by atoms with E-state index in [9.17, 15) is 9.59 Å². The highest BCUT2D eigenvalue weighted by atomic mass is 16.5. The Balaban J connectivity index is 2.25. The van der Waals surface area contributed by atoms with Crippen molar-refractivity contribution in [3.63, 3.8) is 0 Å². The summed E-state index contributed by atoms with van der Waals surface area (Å²) in [5.41, 5.74) is 2.99. The molecule has 0 heterocycles. The van der Waals surface area contributed by atoms with E-state index in [0.717, 1.165) is 16.7 Å². The molecule has 0 aromatic heterocycles. The molecular weight excluding hydrogens is 404 g/mol. The molecule has 6 heteroatoms. The standard InChI is InChI=1S/C26H36N2O4/c1-7-23(26(30)27-15-18(2)3)28(16-21-11-9-12-22(14-21)31-6)25(29)17-32-24-13-8-10-19(4)20(24)5/h8-14,18,23H,7,15-17H2,1-6H3,(H,27,30)/t23-/m0/s1. The Morgan fingerprint density at radius 1 is 1.09 bits per heavy atom. The van der Waals surface area contributed by atoms with Gasteiger partial charge in [-0.05, 0) is 61.1 Å². The number of methoxy groups -OCH3 is 1. The third-order valence-electron chi connectivity index (χ3n) is 5.46. The quantitative estimate of drug-likeness (QED) is 0.567. The number of nitrogens with zero attached hydrogens (tertiary/aromatic N) is 1. The minimum Gasteiger partial charge on any atom is -0.497 e. The monoisotopic (exact) mass is 440 g/mol. The van der Waals surface area contributed by atoms with Crippen LogP contribution >= 0.6 is 0 Å². The Morgan fingerprint density at radius 2 is 1.81 bits per heavy atom. The summed E-state index contributed by atoms with van der Waals surface area (Å²) in [6.07, 6.45) is 0.503. The molecule has 2 aromatic carbocycles. The molecule has 0 saturated carbocycles. The smallest absolute Gasteiger partial charge is 0.261 e. The summed E-state index contributed by atoms with van der Waals surface area (Å²) >= 11 is 0. The molecule has 0 bridgehead atoms. The highest BCUT2D eigenvalue weighted by Gasteiger charge is 2.29. The van der Waals surface area contributed by atoms with Gasteiger partial charge in [0.2, 0.25) is 5.91 Å². The molecule has 0 aliphatic rings. The molecule has 0 spiro atoms. The van der Waals surface area contributed by atoms with Crippen molar-refractivity contribution in [2.24, 2.45) is 5.92 Å². The van der Waals surface area contributed by atoms with Gasteiger partial charge in [0.05, 0.1) is 7.11 Å². The third kappa shape index (κ3) is 7.01. The topological polar surface area (TPSA) is 67.9 Å². The maximum Gasteiger partial charge on any atom is 0.261 e. The molecule has 174 valence electrons. The van der Waals surface area contributed by atoms with E-state index in [0.29, 0.717) is 36.9 Å². The van der Waals surface area contributed by atoms with Crippen LogP contribution in [-0.4, -0.2) is 43.0 Å². The molecule has 0 saturated heterocycles. The van der Waals surface area contributed by atoms with Gasteiger partial charge in [0.25, 0.3) is 5.91 Å². The first-order valence-corrected chi connectivity index (χ1v) is 11.2. The molecule has 0 fully saturated rings.